The second kappa shape index (κ2) is 10.9. The Morgan fingerprint density at radius 3 is 2.69 bits per heavy atom. The maximum Gasteiger partial charge on any atom is 0.248 e. The molecule has 3 N–H and O–H groups in total. The van der Waals surface area contributed by atoms with E-state index in [9.17, 15) is 5.11 Å². The van der Waals surface area contributed by atoms with Crippen LogP contribution in [0.25, 0.3) is 11.4 Å². The molecule has 0 amide bonds. The van der Waals surface area contributed by atoms with Crippen LogP contribution in [-0.2, 0) is 12.1 Å². The highest BCUT2D eigenvalue weighted by molar-refractivity contribution is 14.0. The maximum absolute atomic E-state index is 10.6. The van der Waals surface area contributed by atoms with Crippen LogP contribution in [0.1, 0.15) is 24.6 Å². The maximum atomic E-state index is 10.6. The first-order valence-corrected chi connectivity index (χ1v) is 10.1. The van der Waals surface area contributed by atoms with Crippen LogP contribution in [0, 0.1) is 0 Å². The molecule has 29 heavy (non-hydrogen) atoms. The number of benzene rings is 1. The van der Waals surface area contributed by atoms with E-state index in [4.69, 9.17) is 16.1 Å². The minimum Gasteiger partial charge on any atom is -0.383 e. The van der Waals surface area contributed by atoms with Crippen molar-refractivity contribution in [2.45, 2.75) is 26.0 Å². The summed E-state index contributed by atoms with van der Waals surface area (Å²) in [5.74, 6) is 1.44. The Morgan fingerprint density at radius 2 is 2.03 bits per heavy atom. The number of thiophene rings is 1. The highest BCUT2D eigenvalue weighted by Crippen LogP contribution is 2.24. The number of nitrogens with one attached hydrogen (secondary N) is 2. The molecule has 0 saturated carbocycles. The molecule has 2 aromatic heterocycles. The van der Waals surface area contributed by atoms with Crippen molar-refractivity contribution in [2.75, 3.05) is 13.1 Å². The van der Waals surface area contributed by atoms with Crippen LogP contribution in [0.4, 0.5) is 0 Å². The van der Waals surface area contributed by atoms with Crippen LogP contribution in [0.15, 0.2) is 51.3 Å². The number of hydrogen-bond acceptors (Lipinski definition) is 6. The van der Waals surface area contributed by atoms with Gasteiger partial charge in [0.05, 0.1) is 6.54 Å². The second-order valence-corrected chi connectivity index (χ2v) is 7.70. The summed E-state index contributed by atoms with van der Waals surface area (Å²) >= 11 is 7.41. The van der Waals surface area contributed by atoms with Gasteiger partial charge in [0.1, 0.15) is 12.1 Å². The number of aromatic nitrogens is 2. The lowest BCUT2D eigenvalue weighted by Crippen LogP contribution is -2.44. The Morgan fingerprint density at radius 1 is 1.28 bits per heavy atom. The summed E-state index contributed by atoms with van der Waals surface area (Å²) in [6, 6.07) is 11.0. The lowest BCUT2D eigenvalue weighted by molar-refractivity contribution is 0.0655. The standard InChI is InChI=1S/C19H22ClN5O2S.HI/c1-3-21-18(23-12-19(2,26)15-5-4-10-28-15)22-11-16-24-17(25-27-16)13-6-8-14(20)9-7-13;/h4-10,26H,3,11-12H2,1-2H3,(H2,21,22,23);1H. The van der Waals surface area contributed by atoms with Gasteiger partial charge in [0.25, 0.3) is 0 Å². The van der Waals surface area contributed by atoms with E-state index >= 15 is 0 Å². The lowest BCUT2D eigenvalue weighted by atomic mass is 10.1. The quantitative estimate of drug-likeness (QED) is 0.235. The van der Waals surface area contributed by atoms with Gasteiger partial charge < -0.3 is 20.3 Å². The Balaban J connectivity index is 0.00000300. The fourth-order valence-electron chi connectivity index (χ4n) is 2.45. The number of rotatable bonds is 7. The molecule has 0 spiro atoms. The van der Waals surface area contributed by atoms with E-state index in [0.29, 0.717) is 35.8 Å². The van der Waals surface area contributed by atoms with Crippen molar-refractivity contribution in [1.29, 1.82) is 0 Å². The number of guanidine groups is 1. The van der Waals surface area contributed by atoms with Gasteiger partial charge in [-0.05, 0) is 49.6 Å². The topological polar surface area (TPSA) is 95.6 Å². The van der Waals surface area contributed by atoms with Crippen LogP contribution in [0.2, 0.25) is 5.02 Å². The Labute approximate surface area is 195 Å². The van der Waals surface area contributed by atoms with Crippen LogP contribution in [0.3, 0.4) is 0 Å². The monoisotopic (exact) mass is 547 g/mol. The van der Waals surface area contributed by atoms with Gasteiger partial charge in [0, 0.05) is 22.0 Å². The second-order valence-electron chi connectivity index (χ2n) is 6.32. The molecule has 1 unspecified atom stereocenters. The largest absolute Gasteiger partial charge is 0.383 e. The van der Waals surface area contributed by atoms with E-state index in [1.54, 1.807) is 19.1 Å². The van der Waals surface area contributed by atoms with E-state index in [-0.39, 0.29) is 30.5 Å². The molecule has 2 heterocycles. The molecule has 10 heteroatoms. The zero-order valence-corrected chi connectivity index (χ0v) is 20.0. The highest BCUT2D eigenvalue weighted by Gasteiger charge is 2.24. The van der Waals surface area contributed by atoms with Gasteiger partial charge in [-0.2, -0.15) is 4.98 Å². The molecule has 0 aliphatic heterocycles. The van der Waals surface area contributed by atoms with Crippen LogP contribution in [0.5, 0.6) is 0 Å². The van der Waals surface area contributed by atoms with Crippen molar-refractivity contribution in [1.82, 2.24) is 20.8 Å². The van der Waals surface area contributed by atoms with Crippen LogP contribution >= 0.6 is 46.9 Å². The predicted octanol–water partition coefficient (Wildman–Crippen LogP) is 4.03. The van der Waals surface area contributed by atoms with Crippen molar-refractivity contribution >= 4 is 52.9 Å². The summed E-state index contributed by atoms with van der Waals surface area (Å²) in [4.78, 5) is 9.71. The van der Waals surface area contributed by atoms with Crippen molar-refractivity contribution in [2.24, 2.45) is 4.99 Å². The lowest BCUT2D eigenvalue weighted by Gasteiger charge is -2.23. The summed E-state index contributed by atoms with van der Waals surface area (Å²) < 4.78 is 5.28. The van der Waals surface area contributed by atoms with Gasteiger partial charge in [-0.15, -0.1) is 35.3 Å². The Bertz CT molecular complexity index is 913. The van der Waals surface area contributed by atoms with Gasteiger partial charge in [-0.3, -0.25) is 0 Å². The first kappa shape index (κ1) is 23.6. The molecule has 7 nitrogen and oxygen atoms in total. The molecule has 3 aromatic rings. The van der Waals surface area contributed by atoms with Gasteiger partial charge in [0.2, 0.25) is 11.7 Å². The molecule has 3 rings (SSSR count). The third-order valence-electron chi connectivity index (χ3n) is 3.94. The Hall–Kier alpha value is -1.69. The first-order chi connectivity index (χ1) is 13.5. The third-order valence-corrected chi connectivity index (χ3v) is 5.31. The number of aliphatic imine (C=N–C) groups is 1. The highest BCUT2D eigenvalue weighted by atomic mass is 127. The molecule has 156 valence electrons. The molecule has 1 aromatic carbocycles. The number of hydrogen-bond donors (Lipinski definition) is 3. The molecule has 0 aliphatic carbocycles. The fraction of sp³-hybridized carbons (Fsp3) is 0.316. The summed E-state index contributed by atoms with van der Waals surface area (Å²) in [6.45, 7) is 4.97. The minimum atomic E-state index is -0.989. The average Bonchev–Trinajstić information content (AvgIpc) is 3.37. The summed E-state index contributed by atoms with van der Waals surface area (Å²) in [5, 5.41) is 23.5. The summed E-state index contributed by atoms with van der Waals surface area (Å²) in [5.41, 5.74) is -0.170. The van der Waals surface area contributed by atoms with Gasteiger partial charge in [0.15, 0.2) is 5.96 Å². The molecule has 0 saturated heterocycles. The van der Waals surface area contributed by atoms with Gasteiger partial charge >= 0.3 is 0 Å². The molecule has 0 radical (unpaired) electrons. The van der Waals surface area contributed by atoms with E-state index in [2.05, 4.69) is 25.8 Å². The van der Waals surface area contributed by atoms with Gasteiger partial charge in [-0.25, -0.2) is 4.99 Å². The zero-order valence-electron chi connectivity index (χ0n) is 16.1. The first-order valence-electron chi connectivity index (χ1n) is 8.85. The fourth-order valence-corrected chi connectivity index (χ4v) is 3.36. The van der Waals surface area contributed by atoms with E-state index in [1.807, 2.05) is 36.6 Å². The van der Waals surface area contributed by atoms with E-state index in [1.165, 1.54) is 11.3 Å². The van der Waals surface area contributed by atoms with Crippen molar-refractivity contribution < 1.29 is 9.63 Å². The summed E-state index contributed by atoms with van der Waals surface area (Å²) in [7, 11) is 0. The summed E-state index contributed by atoms with van der Waals surface area (Å²) in [6.07, 6.45) is 0. The Kier molecular flexibility index (Phi) is 8.87. The van der Waals surface area contributed by atoms with Crippen LogP contribution in [-0.4, -0.2) is 34.3 Å². The van der Waals surface area contributed by atoms with Crippen molar-refractivity contribution in [3.8, 4) is 11.4 Å². The zero-order chi connectivity index (χ0) is 20.0. The van der Waals surface area contributed by atoms with Crippen LogP contribution < -0.4 is 10.6 Å². The van der Waals surface area contributed by atoms with Gasteiger partial charge in [-0.1, -0.05) is 22.8 Å². The average molecular weight is 548 g/mol. The molecular formula is C19H23ClIN5O2S. The van der Waals surface area contributed by atoms with Crippen molar-refractivity contribution in [3.05, 3.63) is 57.6 Å². The third kappa shape index (κ3) is 6.66. The smallest absolute Gasteiger partial charge is 0.248 e. The predicted molar refractivity (Wildman–Crippen MR) is 127 cm³/mol. The molecule has 1 atom stereocenters. The van der Waals surface area contributed by atoms with E-state index < -0.39 is 5.60 Å². The minimum absolute atomic E-state index is 0. The molecule has 0 aliphatic rings. The number of halogens is 2. The van der Waals surface area contributed by atoms with Crippen molar-refractivity contribution in [3.63, 3.8) is 0 Å². The molecule has 0 bridgehead atoms. The van der Waals surface area contributed by atoms with E-state index in [0.717, 1.165) is 10.4 Å². The SMILES string of the molecule is CCNC(=NCc1nc(-c2ccc(Cl)cc2)no1)NCC(C)(O)c1cccs1.I. The number of aliphatic hydroxyl groups is 1. The molecular weight excluding hydrogens is 525 g/mol. The number of nitrogens with zero attached hydrogens (tertiary/aromatic N) is 3. The molecule has 0 fully saturated rings. The normalized spacial score (nSPS) is 13.4.